The number of hydrogen-bond donors (Lipinski definition) is 0. The summed E-state index contributed by atoms with van der Waals surface area (Å²) in [6, 6.07) is 13.7. The molecule has 0 aliphatic heterocycles. The fraction of sp³-hybridized carbons (Fsp3) is 0.188. The van der Waals surface area contributed by atoms with Gasteiger partial charge in [-0.25, -0.2) is 0 Å². The van der Waals surface area contributed by atoms with Gasteiger partial charge >= 0.3 is 0 Å². The van der Waals surface area contributed by atoms with Crippen LogP contribution in [0.4, 0.5) is 0 Å². The number of Topliss-reactive ketones (excluding diaryl/α,β-unsaturated/α-hetero) is 1. The van der Waals surface area contributed by atoms with Crippen LogP contribution >= 0.6 is 27.5 Å². The molecule has 96 valence electrons. The van der Waals surface area contributed by atoms with Gasteiger partial charge in [0.2, 0.25) is 0 Å². The van der Waals surface area contributed by atoms with Gasteiger partial charge in [0.1, 0.15) is 0 Å². The predicted octanol–water partition coefficient (Wildman–Crippen LogP) is 5.02. The molecule has 0 amide bonds. The summed E-state index contributed by atoms with van der Waals surface area (Å²) >= 11 is 9.36. The van der Waals surface area contributed by atoms with E-state index in [0.717, 1.165) is 10.9 Å². The van der Waals surface area contributed by atoms with E-state index in [1.165, 1.54) is 11.1 Å². The third-order valence-electron chi connectivity index (χ3n) is 3.63. The van der Waals surface area contributed by atoms with Crippen molar-refractivity contribution in [1.29, 1.82) is 0 Å². The molecule has 1 unspecified atom stereocenters. The molecular weight excluding hydrogens is 324 g/mol. The van der Waals surface area contributed by atoms with E-state index < -0.39 is 0 Å². The van der Waals surface area contributed by atoms with Crippen molar-refractivity contribution in [2.24, 2.45) is 0 Å². The maximum atomic E-state index is 12.2. The highest BCUT2D eigenvalue weighted by atomic mass is 79.9. The number of halogens is 2. The molecule has 19 heavy (non-hydrogen) atoms. The van der Waals surface area contributed by atoms with Crippen molar-refractivity contribution in [3.8, 4) is 0 Å². The van der Waals surface area contributed by atoms with Crippen molar-refractivity contribution in [2.75, 3.05) is 0 Å². The Morgan fingerprint density at radius 3 is 2.79 bits per heavy atom. The van der Waals surface area contributed by atoms with Crippen LogP contribution in [0.5, 0.6) is 0 Å². The van der Waals surface area contributed by atoms with E-state index in [-0.39, 0.29) is 5.78 Å². The van der Waals surface area contributed by atoms with Crippen LogP contribution in [0.3, 0.4) is 0 Å². The monoisotopic (exact) mass is 334 g/mol. The Balaban J connectivity index is 1.75. The van der Waals surface area contributed by atoms with Gasteiger partial charge in [0, 0.05) is 16.5 Å². The van der Waals surface area contributed by atoms with Gasteiger partial charge in [-0.15, -0.1) is 0 Å². The molecule has 1 aliphatic carbocycles. The van der Waals surface area contributed by atoms with Crippen LogP contribution in [0.15, 0.2) is 46.9 Å². The molecule has 0 spiro atoms. The zero-order chi connectivity index (χ0) is 13.4. The third-order valence-corrected chi connectivity index (χ3v) is 4.87. The SMILES string of the molecule is O=C(CC1Cc2ccccc21)c1ccc(Br)c(Cl)c1. The van der Waals surface area contributed by atoms with E-state index in [0.29, 0.717) is 22.9 Å². The van der Waals surface area contributed by atoms with Gasteiger partial charge in [-0.1, -0.05) is 41.9 Å². The van der Waals surface area contributed by atoms with Crippen LogP contribution in [0, 0.1) is 0 Å². The Hall–Kier alpha value is -1.12. The molecule has 0 saturated carbocycles. The molecule has 1 aliphatic rings. The summed E-state index contributed by atoms with van der Waals surface area (Å²) in [6.45, 7) is 0. The first-order chi connectivity index (χ1) is 9.15. The number of benzene rings is 2. The Kier molecular flexibility index (Phi) is 3.46. The molecule has 1 nitrogen and oxygen atoms in total. The number of ketones is 1. The maximum Gasteiger partial charge on any atom is 0.163 e. The quantitative estimate of drug-likeness (QED) is 0.720. The van der Waals surface area contributed by atoms with Crippen molar-refractivity contribution in [2.45, 2.75) is 18.8 Å². The number of rotatable bonds is 3. The molecule has 0 aromatic heterocycles. The minimum atomic E-state index is 0.161. The smallest absolute Gasteiger partial charge is 0.163 e. The summed E-state index contributed by atoms with van der Waals surface area (Å²) in [4.78, 5) is 12.2. The number of carbonyl (C=O) groups is 1. The summed E-state index contributed by atoms with van der Waals surface area (Å²) in [7, 11) is 0. The highest BCUT2D eigenvalue weighted by molar-refractivity contribution is 9.10. The Labute approximate surface area is 125 Å². The number of hydrogen-bond acceptors (Lipinski definition) is 1. The molecular formula is C16H12BrClO. The summed E-state index contributed by atoms with van der Waals surface area (Å²) < 4.78 is 0.819. The normalized spacial score (nSPS) is 16.6. The van der Waals surface area contributed by atoms with Gasteiger partial charge in [-0.3, -0.25) is 4.79 Å². The molecule has 2 aromatic rings. The second kappa shape index (κ2) is 5.10. The standard InChI is InChI=1S/C16H12BrClO/c17-14-6-5-11(8-15(14)18)16(19)9-12-7-10-3-1-2-4-13(10)12/h1-6,8,12H,7,9H2. The first kappa shape index (κ1) is 12.9. The van der Waals surface area contributed by atoms with E-state index in [9.17, 15) is 4.79 Å². The van der Waals surface area contributed by atoms with Gasteiger partial charge < -0.3 is 0 Å². The lowest BCUT2D eigenvalue weighted by atomic mass is 9.74. The Morgan fingerprint density at radius 2 is 2.05 bits per heavy atom. The zero-order valence-electron chi connectivity index (χ0n) is 10.2. The fourth-order valence-corrected chi connectivity index (χ4v) is 2.98. The second-order valence-corrected chi connectivity index (χ2v) is 6.12. The summed E-state index contributed by atoms with van der Waals surface area (Å²) in [5.74, 6) is 0.528. The van der Waals surface area contributed by atoms with Crippen LogP contribution in [0.25, 0.3) is 0 Å². The number of fused-ring (bicyclic) bond motifs is 1. The van der Waals surface area contributed by atoms with Gasteiger partial charge in [-0.2, -0.15) is 0 Å². The van der Waals surface area contributed by atoms with Crippen molar-refractivity contribution < 1.29 is 4.79 Å². The average molecular weight is 336 g/mol. The van der Waals surface area contributed by atoms with Crippen LogP contribution in [-0.2, 0) is 6.42 Å². The molecule has 0 heterocycles. The summed E-state index contributed by atoms with van der Waals surface area (Å²) in [5, 5.41) is 0.583. The van der Waals surface area contributed by atoms with Gasteiger partial charge in [0.05, 0.1) is 5.02 Å². The van der Waals surface area contributed by atoms with E-state index in [4.69, 9.17) is 11.6 Å². The van der Waals surface area contributed by atoms with Crippen molar-refractivity contribution in [3.63, 3.8) is 0 Å². The molecule has 0 radical (unpaired) electrons. The molecule has 0 N–H and O–H groups in total. The van der Waals surface area contributed by atoms with Gasteiger partial charge in [0.25, 0.3) is 0 Å². The molecule has 1 atom stereocenters. The lowest BCUT2D eigenvalue weighted by molar-refractivity contribution is 0.0970. The molecule has 3 heteroatoms. The lowest BCUT2D eigenvalue weighted by Crippen LogP contribution is -2.20. The van der Waals surface area contributed by atoms with Gasteiger partial charge in [-0.05, 0) is 51.5 Å². The fourth-order valence-electron chi connectivity index (χ4n) is 2.56. The third kappa shape index (κ3) is 2.47. The Bertz CT molecular complexity index is 651. The van der Waals surface area contributed by atoms with Crippen LogP contribution in [0.2, 0.25) is 5.02 Å². The minimum Gasteiger partial charge on any atom is -0.294 e. The summed E-state index contributed by atoms with van der Waals surface area (Å²) in [5.41, 5.74) is 3.38. The minimum absolute atomic E-state index is 0.161. The van der Waals surface area contributed by atoms with E-state index >= 15 is 0 Å². The lowest BCUT2D eigenvalue weighted by Gasteiger charge is -2.29. The Morgan fingerprint density at radius 1 is 1.26 bits per heavy atom. The predicted molar refractivity (Wildman–Crippen MR) is 81.0 cm³/mol. The molecule has 0 saturated heterocycles. The van der Waals surface area contributed by atoms with E-state index in [1.807, 2.05) is 24.3 Å². The largest absolute Gasteiger partial charge is 0.294 e. The van der Waals surface area contributed by atoms with Crippen LogP contribution in [-0.4, -0.2) is 5.78 Å². The second-order valence-electron chi connectivity index (χ2n) is 4.86. The summed E-state index contributed by atoms with van der Waals surface area (Å²) in [6.07, 6.45) is 1.57. The maximum absolute atomic E-state index is 12.2. The molecule has 0 fully saturated rings. The van der Waals surface area contributed by atoms with E-state index in [1.54, 1.807) is 6.07 Å². The van der Waals surface area contributed by atoms with Crippen molar-refractivity contribution in [3.05, 3.63) is 68.7 Å². The highest BCUT2D eigenvalue weighted by Crippen LogP contribution is 2.38. The van der Waals surface area contributed by atoms with Crippen molar-refractivity contribution >= 4 is 33.3 Å². The van der Waals surface area contributed by atoms with Crippen LogP contribution < -0.4 is 0 Å². The zero-order valence-corrected chi connectivity index (χ0v) is 12.5. The highest BCUT2D eigenvalue weighted by Gasteiger charge is 2.27. The molecule has 0 bridgehead atoms. The van der Waals surface area contributed by atoms with Gasteiger partial charge in [0.15, 0.2) is 5.78 Å². The first-order valence-electron chi connectivity index (χ1n) is 6.21. The van der Waals surface area contributed by atoms with E-state index in [2.05, 4.69) is 28.1 Å². The first-order valence-corrected chi connectivity index (χ1v) is 7.38. The topological polar surface area (TPSA) is 17.1 Å². The molecule has 2 aromatic carbocycles. The number of carbonyl (C=O) groups excluding carboxylic acids is 1. The van der Waals surface area contributed by atoms with Crippen LogP contribution in [0.1, 0.15) is 33.8 Å². The molecule has 3 rings (SSSR count). The van der Waals surface area contributed by atoms with Crippen molar-refractivity contribution in [1.82, 2.24) is 0 Å². The average Bonchev–Trinajstić information content (AvgIpc) is 2.39.